The molecule has 0 radical (unpaired) electrons. The maximum absolute atomic E-state index is 12.0. The van der Waals surface area contributed by atoms with Crippen LogP contribution in [-0.2, 0) is 9.59 Å². The van der Waals surface area contributed by atoms with E-state index in [9.17, 15) is 19.7 Å². The molecule has 0 aliphatic rings. The molecule has 148 valence electrons. The number of ether oxygens (including phenoxy) is 3. The molecular weight excluding hydrogens is 370 g/mol. The van der Waals surface area contributed by atoms with Crippen molar-refractivity contribution in [3.8, 4) is 17.2 Å². The normalized spacial score (nSPS) is 9.93. The minimum atomic E-state index is -0.983. The molecule has 0 unspecified atom stereocenters. The Morgan fingerprint density at radius 1 is 1.00 bits per heavy atom. The summed E-state index contributed by atoms with van der Waals surface area (Å²) < 4.78 is 15.5. The fourth-order valence-corrected chi connectivity index (χ4v) is 2.17. The summed E-state index contributed by atoms with van der Waals surface area (Å²) in [5, 5.41) is 15.5. The number of hydrogen-bond acceptors (Lipinski definition) is 7. The van der Waals surface area contributed by atoms with E-state index in [0.29, 0.717) is 11.5 Å². The zero-order valence-corrected chi connectivity index (χ0v) is 15.3. The van der Waals surface area contributed by atoms with Crippen LogP contribution in [0.25, 0.3) is 0 Å². The number of benzene rings is 2. The Labute approximate surface area is 160 Å². The van der Waals surface area contributed by atoms with Crippen molar-refractivity contribution in [1.82, 2.24) is 5.32 Å². The standard InChI is InChI=1S/C18H19N3O7/c1-26-13-4-6-14(7-5-13)28-10-9-19-17(22)18(23)20-15-11-12(21(24)25)3-8-16(15)27-2/h3-8,11H,9-10H2,1-2H3,(H,19,22)(H,20,23). The molecule has 2 aromatic carbocycles. The van der Waals surface area contributed by atoms with E-state index in [2.05, 4.69) is 10.6 Å². The minimum absolute atomic E-state index is 0.0198. The molecule has 0 fully saturated rings. The zero-order valence-electron chi connectivity index (χ0n) is 15.3. The third-order valence-corrected chi connectivity index (χ3v) is 3.56. The summed E-state index contributed by atoms with van der Waals surface area (Å²) in [5.74, 6) is -0.431. The molecule has 10 nitrogen and oxygen atoms in total. The lowest BCUT2D eigenvalue weighted by atomic mass is 10.2. The van der Waals surface area contributed by atoms with E-state index >= 15 is 0 Å². The zero-order chi connectivity index (χ0) is 20.5. The first-order valence-electron chi connectivity index (χ1n) is 8.13. The van der Waals surface area contributed by atoms with Crippen LogP contribution in [0.15, 0.2) is 42.5 Å². The van der Waals surface area contributed by atoms with Gasteiger partial charge in [-0.3, -0.25) is 19.7 Å². The number of carbonyl (C=O) groups excluding carboxylic acids is 2. The van der Waals surface area contributed by atoms with Crippen molar-refractivity contribution in [2.24, 2.45) is 0 Å². The molecule has 0 heterocycles. The summed E-state index contributed by atoms with van der Waals surface area (Å²) in [4.78, 5) is 34.1. The van der Waals surface area contributed by atoms with Crippen molar-refractivity contribution in [3.05, 3.63) is 52.6 Å². The summed E-state index contributed by atoms with van der Waals surface area (Å²) in [5.41, 5.74) is -0.226. The highest BCUT2D eigenvalue weighted by molar-refractivity contribution is 6.39. The van der Waals surface area contributed by atoms with Crippen molar-refractivity contribution in [2.75, 3.05) is 32.7 Å². The van der Waals surface area contributed by atoms with Gasteiger partial charge in [-0.15, -0.1) is 0 Å². The lowest BCUT2D eigenvalue weighted by molar-refractivity contribution is -0.384. The molecule has 2 rings (SSSR count). The lowest BCUT2D eigenvalue weighted by Crippen LogP contribution is -2.37. The fraction of sp³-hybridized carbons (Fsp3) is 0.222. The predicted octanol–water partition coefficient (Wildman–Crippen LogP) is 1.75. The van der Waals surface area contributed by atoms with E-state index in [1.165, 1.54) is 19.2 Å². The number of rotatable bonds is 8. The Morgan fingerprint density at radius 3 is 2.29 bits per heavy atom. The van der Waals surface area contributed by atoms with E-state index in [4.69, 9.17) is 14.2 Å². The van der Waals surface area contributed by atoms with Crippen LogP contribution in [0.4, 0.5) is 11.4 Å². The van der Waals surface area contributed by atoms with Crippen LogP contribution in [0.5, 0.6) is 17.2 Å². The average Bonchev–Trinajstić information content (AvgIpc) is 2.71. The third kappa shape index (κ3) is 5.59. The molecule has 0 bridgehead atoms. The first-order valence-corrected chi connectivity index (χ1v) is 8.13. The number of anilines is 1. The van der Waals surface area contributed by atoms with Crippen molar-refractivity contribution in [2.45, 2.75) is 0 Å². The molecule has 0 aliphatic carbocycles. The second-order valence-corrected chi connectivity index (χ2v) is 5.38. The quantitative estimate of drug-likeness (QED) is 0.304. The summed E-state index contributed by atoms with van der Waals surface area (Å²) in [6.07, 6.45) is 0. The summed E-state index contributed by atoms with van der Waals surface area (Å²) in [6.45, 7) is 0.232. The number of non-ortho nitro benzene ring substituents is 1. The van der Waals surface area contributed by atoms with Gasteiger partial charge in [-0.25, -0.2) is 0 Å². The summed E-state index contributed by atoms with van der Waals surface area (Å²) in [7, 11) is 2.90. The average molecular weight is 389 g/mol. The topological polar surface area (TPSA) is 129 Å². The van der Waals surface area contributed by atoms with Crippen molar-refractivity contribution >= 4 is 23.2 Å². The van der Waals surface area contributed by atoms with Gasteiger partial charge in [-0.05, 0) is 30.3 Å². The molecule has 0 atom stereocenters. The van der Waals surface area contributed by atoms with Crippen LogP contribution in [-0.4, -0.2) is 44.1 Å². The molecule has 10 heteroatoms. The Bertz CT molecular complexity index is 853. The monoisotopic (exact) mass is 389 g/mol. The number of nitrogens with zero attached hydrogens (tertiary/aromatic N) is 1. The number of carbonyl (C=O) groups is 2. The molecule has 2 aromatic rings. The molecule has 0 spiro atoms. The van der Waals surface area contributed by atoms with Gasteiger partial charge in [0, 0.05) is 12.1 Å². The van der Waals surface area contributed by atoms with Gasteiger partial charge >= 0.3 is 11.8 Å². The van der Waals surface area contributed by atoms with E-state index < -0.39 is 16.7 Å². The first-order chi connectivity index (χ1) is 13.4. The second kappa shape index (κ2) is 9.76. The highest BCUT2D eigenvalue weighted by atomic mass is 16.6. The van der Waals surface area contributed by atoms with Crippen LogP contribution >= 0.6 is 0 Å². The van der Waals surface area contributed by atoms with Crippen LogP contribution in [0.2, 0.25) is 0 Å². The number of amides is 2. The number of nitro benzene ring substituents is 1. The number of hydrogen-bond donors (Lipinski definition) is 2. The lowest BCUT2D eigenvalue weighted by Gasteiger charge is -2.10. The fourth-order valence-electron chi connectivity index (χ4n) is 2.17. The van der Waals surface area contributed by atoms with Crippen LogP contribution in [0.1, 0.15) is 0 Å². The van der Waals surface area contributed by atoms with Gasteiger partial charge in [0.1, 0.15) is 23.9 Å². The largest absolute Gasteiger partial charge is 0.497 e. The van der Waals surface area contributed by atoms with Crippen molar-refractivity contribution in [3.63, 3.8) is 0 Å². The Kier molecular flexibility index (Phi) is 7.14. The number of nitro groups is 1. The smallest absolute Gasteiger partial charge is 0.313 e. The van der Waals surface area contributed by atoms with Gasteiger partial charge in [-0.1, -0.05) is 0 Å². The summed E-state index contributed by atoms with van der Waals surface area (Å²) in [6, 6.07) is 10.5. The highest BCUT2D eigenvalue weighted by Gasteiger charge is 2.18. The molecule has 28 heavy (non-hydrogen) atoms. The number of methoxy groups -OCH3 is 2. The number of nitrogens with one attached hydrogen (secondary N) is 2. The van der Waals surface area contributed by atoms with Gasteiger partial charge in [0.05, 0.1) is 31.4 Å². The summed E-state index contributed by atoms with van der Waals surface area (Å²) >= 11 is 0. The van der Waals surface area contributed by atoms with Crippen LogP contribution in [0, 0.1) is 10.1 Å². The molecule has 2 N–H and O–H groups in total. The molecule has 0 aliphatic heterocycles. The molecule has 2 amide bonds. The van der Waals surface area contributed by atoms with E-state index in [-0.39, 0.29) is 30.3 Å². The third-order valence-electron chi connectivity index (χ3n) is 3.56. The Hall–Kier alpha value is -3.82. The van der Waals surface area contributed by atoms with Crippen LogP contribution < -0.4 is 24.8 Å². The molecule has 0 aromatic heterocycles. The Balaban J connectivity index is 1.84. The SMILES string of the molecule is COc1ccc(OCCNC(=O)C(=O)Nc2cc([N+](=O)[O-])ccc2OC)cc1. The second-order valence-electron chi connectivity index (χ2n) is 5.38. The Morgan fingerprint density at radius 2 is 1.68 bits per heavy atom. The maximum atomic E-state index is 12.0. The first kappa shape index (κ1) is 20.5. The van der Waals surface area contributed by atoms with Gasteiger partial charge in [-0.2, -0.15) is 0 Å². The van der Waals surface area contributed by atoms with E-state index in [1.807, 2.05) is 0 Å². The minimum Gasteiger partial charge on any atom is -0.497 e. The molecule has 0 saturated heterocycles. The predicted molar refractivity (Wildman–Crippen MR) is 99.8 cm³/mol. The van der Waals surface area contributed by atoms with Gasteiger partial charge in [0.2, 0.25) is 0 Å². The van der Waals surface area contributed by atoms with Gasteiger partial charge < -0.3 is 24.8 Å². The van der Waals surface area contributed by atoms with E-state index in [1.54, 1.807) is 31.4 Å². The molecule has 0 saturated carbocycles. The van der Waals surface area contributed by atoms with E-state index in [0.717, 1.165) is 6.07 Å². The van der Waals surface area contributed by atoms with Gasteiger partial charge in [0.15, 0.2) is 0 Å². The van der Waals surface area contributed by atoms with Gasteiger partial charge in [0.25, 0.3) is 5.69 Å². The van der Waals surface area contributed by atoms with Crippen molar-refractivity contribution in [1.29, 1.82) is 0 Å². The highest BCUT2D eigenvalue weighted by Crippen LogP contribution is 2.28. The maximum Gasteiger partial charge on any atom is 0.313 e. The van der Waals surface area contributed by atoms with Crippen molar-refractivity contribution < 1.29 is 28.7 Å². The molecular formula is C18H19N3O7. The van der Waals surface area contributed by atoms with Crippen LogP contribution in [0.3, 0.4) is 0 Å².